The first kappa shape index (κ1) is 15.3. The number of aromatic carboxylic acids is 1. The predicted molar refractivity (Wildman–Crippen MR) is 74.7 cm³/mol. The Morgan fingerprint density at radius 3 is 2.67 bits per heavy atom. The van der Waals surface area contributed by atoms with Crippen molar-refractivity contribution in [3.63, 3.8) is 0 Å². The molecule has 2 aromatic heterocycles. The second-order valence-electron chi connectivity index (χ2n) is 4.57. The molecule has 2 heterocycles. The van der Waals surface area contributed by atoms with Gasteiger partial charge in [0.25, 0.3) is 0 Å². The maximum atomic E-state index is 12.3. The van der Waals surface area contributed by atoms with Crippen molar-refractivity contribution in [1.29, 1.82) is 0 Å². The van der Waals surface area contributed by atoms with Gasteiger partial charge >= 0.3 is 5.97 Å². The molecule has 0 radical (unpaired) electrons. The van der Waals surface area contributed by atoms with Gasteiger partial charge in [0, 0.05) is 36.6 Å². The molecule has 2 rings (SSSR count). The van der Waals surface area contributed by atoms with E-state index in [0.717, 1.165) is 0 Å². The minimum absolute atomic E-state index is 0.0145. The zero-order chi connectivity index (χ0) is 15.6. The quantitative estimate of drug-likeness (QED) is 0.620. The van der Waals surface area contributed by atoms with Gasteiger partial charge in [-0.2, -0.15) is 0 Å². The summed E-state index contributed by atoms with van der Waals surface area (Å²) in [5.74, 6) is -0.515. The fourth-order valence-corrected chi connectivity index (χ4v) is 3.63. The van der Waals surface area contributed by atoms with Gasteiger partial charge in [-0.05, 0) is 13.8 Å². The molecule has 8 nitrogen and oxygen atoms in total. The highest BCUT2D eigenvalue weighted by atomic mass is 32.2. The lowest BCUT2D eigenvalue weighted by molar-refractivity contribution is 0.0690. The molecule has 21 heavy (non-hydrogen) atoms. The summed E-state index contributed by atoms with van der Waals surface area (Å²) >= 11 is 0. The fraction of sp³-hybridized carbons (Fsp3) is 0.333. The molecule has 0 aliphatic carbocycles. The summed E-state index contributed by atoms with van der Waals surface area (Å²) in [4.78, 5) is 20.5. The van der Waals surface area contributed by atoms with Gasteiger partial charge in [0.05, 0.1) is 0 Å². The first-order valence-corrected chi connectivity index (χ1v) is 7.71. The predicted octanol–water partition coefficient (Wildman–Crippen LogP) is 0.574. The molecule has 0 spiro atoms. The van der Waals surface area contributed by atoms with E-state index in [1.165, 1.54) is 13.8 Å². The van der Waals surface area contributed by atoms with E-state index < -0.39 is 16.0 Å². The van der Waals surface area contributed by atoms with Crippen LogP contribution >= 0.6 is 0 Å². The first-order valence-electron chi connectivity index (χ1n) is 6.23. The molecule has 0 bridgehead atoms. The van der Waals surface area contributed by atoms with Gasteiger partial charge in [-0.25, -0.2) is 22.9 Å². The number of carboxylic acid groups (broad SMARTS) is 1. The largest absolute Gasteiger partial charge is 0.477 e. The third kappa shape index (κ3) is 3.14. The van der Waals surface area contributed by atoms with E-state index in [4.69, 9.17) is 5.11 Å². The van der Waals surface area contributed by atoms with Crippen LogP contribution in [0.15, 0.2) is 17.3 Å². The number of H-pyrrole nitrogens is 2. The Morgan fingerprint density at radius 2 is 2.14 bits per heavy atom. The van der Waals surface area contributed by atoms with Crippen LogP contribution in [0.1, 0.15) is 27.6 Å². The highest BCUT2D eigenvalue weighted by molar-refractivity contribution is 7.89. The van der Waals surface area contributed by atoms with Gasteiger partial charge in [-0.3, -0.25) is 0 Å². The van der Waals surface area contributed by atoms with Gasteiger partial charge in [0.2, 0.25) is 10.0 Å². The molecule has 0 atom stereocenters. The first-order chi connectivity index (χ1) is 9.83. The van der Waals surface area contributed by atoms with E-state index in [-0.39, 0.29) is 22.7 Å². The number of carbonyl (C=O) groups is 1. The van der Waals surface area contributed by atoms with Crippen molar-refractivity contribution < 1.29 is 18.3 Å². The Kier molecular flexibility index (Phi) is 4.14. The summed E-state index contributed by atoms with van der Waals surface area (Å²) in [6.07, 6.45) is 3.66. The summed E-state index contributed by atoms with van der Waals surface area (Å²) in [7, 11) is -3.77. The summed E-state index contributed by atoms with van der Waals surface area (Å²) < 4.78 is 27.0. The van der Waals surface area contributed by atoms with Gasteiger partial charge in [-0.1, -0.05) is 0 Å². The number of rotatable bonds is 6. The van der Waals surface area contributed by atoms with Crippen molar-refractivity contribution in [3.05, 3.63) is 35.2 Å². The molecule has 0 aromatic carbocycles. The van der Waals surface area contributed by atoms with Crippen LogP contribution in [-0.4, -0.2) is 41.0 Å². The standard InChI is InChI=1S/C12H16N4O4S/c1-7-10(12(17)18)16-8(2)11(7)21(19,20)15-4-3-9-13-5-6-14-9/h5-6,15-16H,3-4H2,1-2H3,(H,13,14)(H,17,18). The lowest BCUT2D eigenvalue weighted by Gasteiger charge is -2.06. The van der Waals surface area contributed by atoms with Crippen LogP contribution in [0.25, 0.3) is 0 Å². The molecule has 2 aromatic rings. The third-order valence-corrected chi connectivity index (χ3v) is 4.79. The Hall–Kier alpha value is -2.13. The Morgan fingerprint density at radius 1 is 1.43 bits per heavy atom. The van der Waals surface area contributed by atoms with Gasteiger partial charge in [-0.15, -0.1) is 0 Å². The van der Waals surface area contributed by atoms with Crippen molar-refractivity contribution in [2.24, 2.45) is 0 Å². The van der Waals surface area contributed by atoms with Crippen molar-refractivity contribution in [1.82, 2.24) is 19.7 Å². The molecule has 0 saturated heterocycles. The highest BCUT2D eigenvalue weighted by Crippen LogP contribution is 2.22. The van der Waals surface area contributed by atoms with Crippen LogP contribution in [0.3, 0.4) is 0 Å². The molecule has 0 fully saturated rings. The highest BCUT2D eigenvalue weighted by Gasteiger charge is 2.25. The smallest absolute Gasteiger partial charge is 0.352 e. The second kappa shape index (κ2) is 5.70. The van der Waals surface area contributed by atoms with Crippen LogP contribution < -0.4 is 4.72 Å². The average Bonchev–Trinajstić information content (AvgIpc) is 2.97. The van der Waals surface area contributed by atoms with Crippen LogP contribution in [-0.2, 0) is 16.4 Å². The third-order valence-electron chi connectivity index (χ3n) is 3.06. The monoisotopic (exact) mass is 312 g/mol. The van der Waals surface area contributed by atoms with Gasteiger partial charge < -0.3 is 15.1 Å². The zero-order valence-electron chi connectivity index (χ0n) is 11.6. The molecule has 0 saturated carbocycles. The molecular formula is C12H16N4O4S. The summed E-state index contributed by atoms with van der Waals surface area (Å²) in [5, 5.41) is 9.01. The lowest BCUT2D eigenvalue weighted by Crippen LogP contribution is -2.27. The number of sulfonamides is 1. The molecule has 9 heteroatoms. The molecule has 0 amide bonds. The summed E-state index contributed by atoms with van der Waals surface area (Å²) in [6, 6.07) is 0. The Balaban J connectivity index is 2.18. The molecule has 114 valence electrons. The number of aromatic nitrogens is 3. The van der Waals surface area contributed by atoms with E-state index >= 15 is 0 Å². The molecule has 0 aliphatic heterocycles. The number of imidazole rings is 1. The number of aromatic amines is 2. The van der Waals surface area contributed by atoms with Crippen LogP contribution in [0.2, 0.25) is 0 Å². The van der Waals surface area contributed by atoms with Crippen molar-refractivity contribution >= 4 is 16.0 Å². The van der Waals surface area contributed by atoms with E-state index in [9.17, 15) is 13.2 Å². The fourth-order valence-electron chi connectivity index (χ4n) is 2.16. The number of nitrogens with zero attached hydrogens (tertiary/aromatic N) is 1. The number of hydrogen-bond acceptors (Lipinski definition) is 4. The maximum absolute atomic E-state index is 12.3. The lowest BCUT2D eigenvalue weighted by atomic mass is 10.2. The van der Waals surface area contributed by atoms with Crippen molar-refractivity contribution in [3.8, 4) is 0 Å². The molecule has 0 aliphatic rings. The second-order valence-corrected chi connectivity index (χ2v) is 6.27. The minimum atomic E-state index is -3.77. The maximum Gasteiger partial charge on any atom is 0.352 e. The van der Waals surface area contributed by atoms with Crippen LogP contribution in [0, 0.1) is 13.8 Å². The summed E-state index contributed by atoms with van der Waals surface area (Å²) in [5.41, 5.74) is 0.389. The molecule has 4 N–H and O–H groups in total. The van der Waals surface area contributed by atoms with Crippen LogP contribution in [0.5, 0.6) is 0 Å². The minimum Gasteiger partial charge on any atom is -0.477 e. The van der Waals surface area contributed by atoms with Gasteiger partial charge in [0.1, 0.15) is 16.4 Å². The molecule has 0 unspecified atom stereocenters. The SMILES string of the molecule is Cc1[nH]c(C(=O)O)c(C)c1S(=O)(=O)NCCc1ncc[nH]1. The van der Waals surface area contributed by atoms with E-state index in [1.54, 1.807) is 12.4 Å². The number of hydrogen-bond donors (Lipinski definition) is 4. The Labute approximate surface area is 121 Å². The van der Waals surface area contributed by atoms with Crippen molar-refractivity contribution in [2.75, 3.05) is 6.54 Å². The van der Waals surface area contributed by atoms with E-state index in [0.29, 0.717) is 17.9 Å². The van der Waals surface area contributed by atoms with Crippen molar-refractivity contribution in [2.45, 2.75) is 25.2 Å². The van der Waals surface area contributed by atoms with E-state index in [1.807, 2.05) is 0 Å². The summed E-state index contributed by atoms with van der Waals surface area (Å²) in [6.45, 7) is 3.16. The molecular weight excluding hydrogens is 296 g/mol. The normalized spacial score (nSPS) is 11.7. The van der Waals surface area contributed by atoms with E-state index in [2.05, 4.69) is 19.7 Å². The number of aryl methyl sites for hydroxylation is 1. The zero-order valence-corrected chi connectivity index (χ0v) is 12.4. The topological polar surface area (TPSA) is 128 Å². The Bertz CT molecular complexity index is 747. The number of nitrogens with one attached hydrogen (secondary N) is 3. The van der Waals surface area contributed by atoms with Crippen LogP contribution in [0.4, 0.5) is 0 Å². The average molecular weight is 312 g/mol. The van der Waals surface area contributed by atoms with Gasteiger partial charge in [0.15, 0.2) is 0 Å². The number of carboxylic acids is 1.